The fourth-order valence-electron chi connectivity index (χ4n) is 2.25. The zero-order valence-corrected chi connectivity index (χ0v) is 16.0. The van der Waals surface area contributed by atoms with Gasteiger partial charge in [-0.1, -0.05) is 41.4 Å². The van der Waals surface area contributed by atoms with E-state index in [9.17, 15) is 13.2 Å². The summed E-state index contributed by atoms with van der Waals surface area (Å²) >= 11 is 11.9. The fourth-order valence-corrected chi connectivity index (χ4v) is 3.29. The summed E-state index contributed by atoms with van der Waals surface area (Å²) in [4.78, 5) is 12.3. The summed E-state index contributed by atoms with van der Waals surface area (Å²) < 4.78 is 25.7. The highest BCUT2D eigenvalue weighted by atomic mass is 35.5. The number of sulfonamides is 1. The molecule has 0 saturated carbocycles. The maximum atomic E-state index is 12.3. The third-order valence-electron chi connectivity index (χ3n) is 3.47. The summed E-state index contributed by atoms with van der Waals surface area (Å²) in [6.07, 6.45) is 0.980. The molecule has 134 valence electrons. The second kappa shape index (κ2) is 8.19. The Morgan fingerprint density at radius 2 is 1.76 bits per heavy atom. The Labute approximate surface area is 157 Å². The van der Waals surface area contributed by atoms with Crippen LogP contribution in [0.2, 0.25) is 10.0 Å². The maximum Gasteiger partial charge on any atom is 0.226 e. The van der Waals surface area contributed by atoms with Gasteiger partial charge in [0.2, 0.25) is 15.9 Å². The van der Waals surface area contributed by atoms with Crippen LogP contribution in [-0.4, -0.2) is 20.6 Å². The molecule has 25 heavy (non-hydrogen) atoms. The number of aryl methyl sites for hydroxylation is 1. The molecule has 0 spiro atoms. The Kier molecular flexibility index (Phi) is 6.46. The van der Waals surface area contributed by atoms with E-state index in [0.717, 1.165) is 11.8 Å². The van der Waals surface area contributed by atoms with Gasteiger partial charge in [0.1, 0.15) is 0 Å². The summed E-state index contributed by atoms with van der Waals surface area (Å²) in [5.74, 6) is -0.337. The lowest BCUT2D eigenvalue weighted by Crippen LogP contribution is -2.30. The van der Waals surface area contributed by atoms with Gasteiger partial charge in [-0.2, -0.15) is 0 Å². The molecule has 0 unspecified atom stereocenters. The molecule has 2 rings (SSSR count). The number of nitrogens with one attached hydrogen (secondary N) is 2. The first-order valence-corrected chi connectivity index (χ1v) is 10.1. The summed E-state index contributed by atoms with van der Waals surface area (Å²) in [6.45, 7) is 1.86. The van der Waals surface area contributed by atoms with Crippen molar-refractivity contribution in [2.75, 3.05) is 11.6 Å². The van der Waals surface area contributed by atoms with E-state index in [1.165, 1.54) is 0 Å². The lowest BCUT2D eigenvalue weighted by molar-refractivity contribution is -0.116. The summed E-state index contributed by atoms with van der Waals surface area (Å²) in [5.41, 5.74) is 2.10. The van der Waals surface area contributed by atoms with Gasteiger partial charge in [0, 0.05) is 22.2 Å². The van der Waals surface area contributed by atoms with E-state index in [1.807, 2.05) is 6.92 Å². The van der Waals surface area contributed by atoms with Gasteiger partial charge in [0.05, 0.1) is 12.3 Å². The second-order valence-electron chi connectivity index (χ2n) is 5.71. The molecular weight excluding hydrogens is 383 g/mol. The van der Waals surface area contributed by atoms with Crippen molar-refractivity contribution in [3.63, 3.8) is 0 Å². The molecule has 0 aliphatic rings. The minimum Gasteiger partial charge on any atom is -0.326 e. The van der Waals surface area contributed by atoms with Gasteiger partial charge in [0.15, 0.2) is 0 Å². The number of anilines is 1. The predicted octanol–water partition coefficient (Wildman–Crippen LogP) is 3.92. The van der Waals surface area contributed by atoms with E-state index in [4.69, 9.17) is 23.2 Å². The summed E-state index contributed by atoms with van der Waals surface area (Å²) in [7, 11) is -3.50. The van der Waals surface area contributed by atoms with Crippen LogP contribution in [0.5, 0.6) is 0 Å². The smallest absolute Gasteiger partial charge is 0.226 e. The highest BCUT2D eigenvalue weighted by Crippen LogP contribution is 2.23. The summed E-state index contributed by atoms with van der Waals surface area (Å²) in [6, 6.07) is 11.1. The molecule has 5 nitrogen and oxygen atoms in total. The Hall–Kier alpha value is -1.60. The van der Waals surface area contributed by atoms with Crippen LogP contribution in [0.15, 0.2) is 42.5 Å². The number of benzene rings is 2. The molecule has 0 aliphatic carbocycles. The third-order valence-corrected chi connectivity index (χ3v) is 4.85. The highest BCUT2D eigenvalue weighted by molar-refractivity contribution is 7.88. The van der Waals surface area contributed by atoms with Gasteiger partial charge in [-0.3, -0.25) is 4.79 Å². The number of rotatable bonds is 6. The zero-order valence-electron chi connectivity index (χ0n) is 13.7. The number of amides is 1. The summed E-state index contributed by atoms with van der Waals surface area (Å²) in [5, 5.41) is 3.79. The molecule has 0 heterocycles. The minimum atomic E-state index is -3.50. The number of halogens is 2. The van der Waals surface area contributed by atoms with Crippen LogP contribution in [0, 0.1) is 6.92 Å². The van der Waals surface area contributed by atoms with Gasteiger partial charge in [-0.05, 0) is 42.3 Å². The Morgan fingerprint density at radius 1 is 1.12 bits per heavy atom. The van der Waals surface area contributed by atoms with E-state index in [1.54, 1.807) is 42.5 Å². The average Bonchev–Trinajstić information content (AvgIpc) is 2.49. The first kappa shape index (κ1) is 19.7. The number of carbonyl (C=O) groups excluding carboxylic acids is 1. The van der Waals surface area contributed by atoms with Crippen molar-refractivity contribution < 1.29 is 13.2 Å². The van der Waals surface area contributed by atoms with E-state index >= 15 is 0 Å². The predicted molar refractivity (Wildman–Crippen MR) is 102 cm³/mol. The third kappa shape index (κ3) is 6.32. The molecule has 0 aliphatic heterocycles. The average molecular weight is 401 g/mol. The van der Waals surface area contributed by atoms with Crippen LogP contribution in [0.25, 0.3) is 0 Å². The number of hydrogen-bond acceptors (Lipinski definition) is 3. The lowest BCUT2D eigenvalue weighted by atomic mass is 10.0. The van der Waals surface area contributed by atoms with Crippen molar-refractivity contribution in [2.45, 2.75) is 19.4 Å². The standard InChI is InChI=1S/C17H18Cl2N2O3S/c1-11-3-8-14(9-15(11)19)20-17(22)10-16(21-25(2,23)24)12-4-6-13(18)7-5-12/h3-9,16,21H,10H2,1-2H3,(H,20,22)/t16-/m0/s1. The molecule has 0 bridgehead atoms. The van der Waals surface area contributed by atoms with Crippen molar-refractivity contribution in [3.8, 4) is 0 Å². The SMILES string of the molecule is Cc1ccc(NC(=O)C[C@H](NS(C)(=O)=O)c2ccc(Cl)cc2)cc1Cl. The topological polar surface area (TPSA) is 75.3 Å². The highest BCUT2D eigenvalue weighted by Gasteiger charge is 2.20. The second-order valence-corrected chi connectivity index (χ2v) is 8.33. The molecule has 2 aromatic carbocycles. The maximum absolute atomic E-state index is 12.3. The molecule has 1 amide bonds. The lowest BCUT2D eigenvalue weighted by Gasteiger charge is -2.18. The molecule has 1 atom stereocenters. The van der Waals surface area contributed by atoms with Crippen molar-refractivity contribution in [1.82, 2.24) is 4.72 Å². The van der Waals surface area contributed by atoms with Crippen LogP contribution in [0.1, 0.15) is 23.6 Å². The van der Waals surface area contributed by atoms with Crippen LogP contribution in [-0.2, 0) is 14.8 Å². The minimum absolute atomic E-state index is 0.0692. The van der Waals surface area contributed by atoms with Crippen LogP contribution in [0.3, 0.4) is 0 Å². The number of hydrogen-bond donors (Lipinski definition) is 2. The monoisotopic (exact) mass is 400 g/mol. The quantitative estimate of drug-likeness (QED) is 0.771. The molecular formula is C17H18Cl2N2O3S. The van der Waals surface area contributed by atoms with Crippen molar-refractivity contribution in [2.24, 2.45) is 0 Å². The van der Waals surface area contributed by atoms with E-state index in [2.05, 4.69) is 10.0 Å². The molecule has 0 fully saturated rings. The van der Waals surface area contributed by atoms with Gasteiger partial charge >= 0.3 is 0 Å². The Balaban J connectivity index is 2.16. The van der Waals surface area contributed by atoms with Crippen LogP contribution >= 0.6 is 23.2 Å². The van der Waals surface area contributed by atoms with Crippen LogP contribution in [0.4, 0.5) is 5.69 Å². The molecule has 0 radical (unpaired) electrons. The Bertz CT molecular complexity index is 868. The van der Waals surface area contributed by atoms with Gasteiger partial charge in [-0.15, -0.1) is 0 Å². The Morgan fingerprint density at radius 3 is 2.32 bits per heavy atom. The fraction of sp³-hybridized carbons (Fsp3) is 0.235. The van der Waals surface area contributed by atoms with Crippen molar-refractivity contribution in [1.29, 1.82) is 0 Å². The van der Waals surface area contributed by atoms with Gasteiger partial charge < -0.3 is 5.32 Å². The first-order chi connectivity index (χ1) is 11.6. The largest absolute Gasteiger partial charge is 0.326 e. The van der Waals surface area contributed by atoms with E-state index < -0.39 is 16.1 Å². The first-order valence-electron chi connectivity index (χ1n) is 7.43. The van der Waals surface area contributed by atoms with E-state index in [-0.39, 0.29) is 12.3 Å². The zero-order chi connectivity index (χ0) is 18.6. The molecule has 8 heteroatoms. The molecule has 0 aromatic heterocycles. The normalized spacial score (nSPS) is 12.6. The van der Waals surface area contributed by atoms with Gasteiger partial charge in [0.25, 0.3) is 0 Å². The molecule has 2 N–H and O–H groups in total. The van der Waals surface area contributed by atoms with E-state index in [0.29, 0.717) is 21.3 Å². The molecule has 0 saturated heterocycles. The van der Waals surface area contributed by atoms with Crippen molar-refractivity contribution in [3.05, 3.63) is 63.6 Å². The van der Waals surface area contributed by atoms with Crippen LogP contribution < -0.4 is 10.0 Å². The number of carbonyl (C=O) groups is 1. The van der Waals surface area contributed by atoms with Gasteiger partial charge in [-0.25, -0.2) is 13.1 Å². The molecule has 2 aromatic rings. The van der Waals surface area contributed by atoms with Crippen molar-refractivity contribution >= 4 is 44.8 Å².